The Hall–Kier alpha value is -0.660. The molecule has 0 fully saturated rings. The Kier molecular flexibility index (Phi) is 5.60. The average molecular weight is 194 g/mol. The highest BCUT2D eigenvalue weighted by molar-refractivity contribution is 7.79. The first-order valence-electron chi connectivity index (χ1n) is 3.44. The maximum Gasteiger partial charge on any atom is 0.185 e. The summed E-state index contributed by atoms with van der Waals surface area (Å²) >= 11 is -1.96. The van der Waals surface area contributed by atoms with Crippen molar-refractivity contribution < 1.29 is 8.76 Å². The van der Waals surface area contributed by atoms with Gasteiger partial charge in [0.1, 0.15) is 5.37 Å². The Labute approximate surface area is 73.5 Å². The van der Waals surface area contributed by atoms with E-state index in [1.54, 1.807) is 0 Å². The van der Waals surface area contributed by atoms with Crippen LogP contribution in [0.2, 0.25) is 0 Å². The van der Waals surface area contributed by atoms with Crippen LogP contribution in [0.1, 0.15) is 12.8 Å². The van der Waals surface area contributed by atoms with Gasteiger partial charge in [-0.2, -0.15) is 0 Å². The van der Waals surface area contributed by atoms with Gasteiger partial charge in [0, 0.05) is 6.54 Å². The molecule has 0 aromatic carbocycles. The van der Waals surface area contributed by atoms with Crippen LogP contribution in [0, 0.1) is 0 Å². The Morgan fingerprint density at radius 1 is 1.58 bits per heavy atom. The van der Waals surface area contributed by atoms with Crippen molar-refractivity contribution in [1.29, 1.82) is 0 Å². The SMILES string of the molecule is NC(N)=NCCCC(N)S(=O)O. The molecule has 12 heavy (non-hydrogen) atoms. The normalized spacial score (nSPS) is 15.2. The maximum atomic E-state index is 10.3. The van der Waals surface area contributed by atoms with Crippen LogP contribution < -0.4 is 17.2 Å². The van der Waals surface area contributed by atoms with Crippen molar-refractivity contribution in [2.75, 3.05) is 6.54 Å². The van der Waals surface area contributed by atoms with Gasteiger partial charge in [0.2, 0.25) is 0 Å². The minimum atomic E-state index is -1.96. The van der Waals surface area contributed by atoms with Crippen LogP contribution in [0.3, 0.4) is 0 Å². The highest BCUT2D eigenvalue weighted by Gasteiger charge is 2.06. The molecule has 72 valence electrons. The fourth-order valence-corrected chi connectivity index (χ4v) is 0.970. The molecule has 0 spiro atoms. The summed E-state index contributed by atoms with van der Waals surface area (Å²) in [6.07, 6.45) is 1.03. The van der Waals surface area contributed by atoms with E-state index in [2.05, 4.69) is 4.99 Å². The molecule has 6 nitrogen and oxygen atoms in total. The first kappa shape index (κ1) is 11.3. The molecular formula is C5H14N4O2S. The molecule has 0 heterocycles. The molecule has 0 aromatic rings. The van der Waals surface area contributed by atoms with E-state index in [0.717, 1.165) is 0 Å². The molecule has 0 aliphatic carbocycles. The van der Waals surface area contributed by atoms with E-state index in [-0.39, 0.29) is 5.96 Å². The van der Waals surface area contributed by atoms with Crippen molar-refractivity contribution in [1.82, 2.24) is 0 Å². The van der Waals surface area contributed by atoms with Crippen molar-refractivity contribution in [3.05, 3.63) is 0 Å². The molecule has 7 N–H and O–H groups in total. The van der Waals surface area contributed by atoms with Gasteiger partial charge in [-0.15, -0.1) is 0 Å². The minimum absolute atomic E-state index is 0.0219. The molecule has 0 saturated heterocycles. The Morgan fingerprint density at radius 2 is 2.17 bits per heavy atom. The largest absolute Gasteiger partial charge is 0.370 e. The summed E-state index contributed by atoms with van der Waals surface area (Å²) in [5, 5.41) is -0.709. The van der Waals surface area contributed by atoms with Crippen molar-refractivity contribution >= 4 is 17.0 Å². The van der Waals surface area contributed by atoms with Crippen LogP contribution in [0.15, 0.2) is 4.99 Å². The lowest BCUT2D eigenvalue weighted by Crippen LogP contribution is -2.26. The lowest BCUT2D eigenvalue weighted by molar-refractivity contribution is 0.539. The average Bonchev–Trinajstić information content (AvgIpc) is 1.97. The molecule has 0 saturated carbocycles. The van der Waals surface area contributed by atoms with Crippen LogP contribution in [0.5, 0.6) is 0 Å². The van der Waals surface area contributed by atoms with Crippen molar-refractivity contribution in [3.8, 4) is 0 Å². The first-order chi connectivity index (χ1) is 5.54. The smallest absolute Gasteiger partial charge is 0.185 e. The van der Waals surface area contributed by atoms with E-state index < -0.39 is 16.5 Å². The minimum Gasteiger partial charge on any atom is -0.370 e. The topological polar surface area (TPSA) is 128 Å². The Bertz CT molecular complexity index is 180. The fraction of sp³-hybridized carbons (Fsp3) is 0.800. The van der Waals surface area contributed by atoms with Gasteiger partial charge < -0.3 is 21.8 Å². The summed E-state index contributed by atoms with van der Waals surface area (Å²) in [6.45, 7) is 0.438. The number of nitrogens with two attached hydrogens (primary N) is 3. The maximum absolute atomic E-state index is 10.3. The molecule has 0 rings (SSSR count). The van der Waals surface area contributed by atoms with Gasteiger partial charge in [0.25, 0.3) is 0 Å². The lowest BCUT2D eigenvalue weighted by Gasteiger charge is -2.04. The van der Waals surface area contributed by atoms with Crippen molar-refractivity contribution in [2.45, 2.75) is 18.2 Å². The summed E-state index contributed by atoms with van der Waals surface area (Å²) < 4.78 is 18.8. The summed E-state index contributed by atoms with van der Waals surface area (Å²) in [7, 11) is 0. The van der Waals surface area contributed by atoms with E-state index in [0.29, 0.717) is 19.4 Å². The van der Waals surface area contributed by atoms with Crippen LogP contribution in [0.25, 0.3) is 0 Å². The highest BCUT2D eigenvalue weighted by atomic mass is 32.2. The van der Waals surface area contributed by atoms with Crippen LogP contribution in [-0.2, 0) is 11.1 Å². The second-order valence-electron chi connectivity index (χ2n) is 2.26. The molecule has 7 heteroatoms. The number of hydrogen-bond acceptors (Lipinski definition) is 3. The summed E-state index contributed by atoms with van der Waals surface area (Å²) in [5.74, 6) is 0.0219. The Morgan fingerprint density at radius 3 is 2.58 bits per heavy atom. The zero-order valence-electron chi connectivity index (χ0n) is 6.64. The molecule has 2 atom stereocenters. The van der Waals surface area contributed by atoms with Crippen molar-refractivity contribution in [3.63, 3.8) is 0 Å². The monoisotopic (exact) mass is 194 g/mol. The van der Waals surface area contributed by atoms with E-state index >= 15 is 0 Å². The van der Waals surface area contributed by atoms with Crippen LogP contribution in [-0.4, -0.2) is 26.6 Å². The molecule has 0 aliphatic heterocycles. The van der Waals surface area contributed by atoms with E-state index in [1.807, 2.05) is 0 Å². The van der Waals surface area contributed by atoms with E-state index in [4.69, 9.17) is 21.8 Å². The van der Waals surface area contributed by atoms with Gasteiger partial charge >= 0.3 is 0 Å². The predicted molar refractivity (Wildman–Crippen MR) is 48.7 cm³/mol. The molecule has 0 radical (unpaired) electrons. The zero-order valence-corrected chi connectivity index (χ0v) is 7.46. The highest BCUT2D eigenvalue weighted by Crippen LogP contribution is 1.97. The third kappa shape index (κ3) is 6.08. The summed E-state index contributed by atoms with van der Waals surface area (Å²) in [4.78, 5) is 3.69. The van der Waals surface area contributed by atoms with Gasteiger partial charge in [-0.1, -0.05) is 0 Å². The lowest BCUT2D eigenvalue weighted by atomic mass is 10.3. The van der Waals surface area contributed by atoms with Crippen LogP contribution in [0.4, 0.5) is 0 Å². The number of rotatable bonds is 5. The van der Waals surface area contributed by atoms with Gasteiger partial charge in [0.15, 0.2) is 17.0 Å². The third-order valence-corrected chi connectivity index (χ3v) is 1.95. The van der Waals surface area contributed by atoms with Crippen LogP contribution >= 0.6 is 0 Å². The van der Waals surface area contributed by atoms with Gasteiger partial charge in [0.05, 0.1) is 0 Å². The quantitative estimate of drug-likeness (QED) is 0.184. The number of hydrogen-bond donors (Lipinski definition) is 4. The fourth-order valence-electron chi connectivity index (χ4n) is 0.601. The zero-order chi connectivity index (χ0) is 9.56. The second-order valence-corrected chi connectivity index (χ2v) is 3.42. The van der Waals surface area contributed by atoms with Gasteiger partial charge in [-0.3, -0.25) is 4.99 Å². The third-order valence-electron chi connectivity index (χ3n) is 1.20. The molecule has 0 aromatic heterocycles. The predicted octanol–water partition coefficient (Wildman–Crippen LogP) is -1.45. The molecule has 0 bridgehead atoms. The van der Waals surface area contributed by atoms with E-state index in [1.165, 1.54) is 0 Å². The first-order valence-corrected chi connectivity index (χ1v) is 4.61. The molecule has 0 aliphatic rings. The summed E-state index contributed by atoms with van der Waals surface area (Å²) in [6, 6.07) is 0. The van der Waals surface area contributed by atoms with Gasteiger partial charge in [-0.25, -0.2) is 4.21 Å². The molecule has 2 unspecified atom stereocenters. The summed E-state index contributed by atoms with van der Waals surface area (Å²) in [5.41, 5.74) is 15.4. The molecular weight excluding hydrogens is 180 g/mol. The number of aliphatic imine (C=N–C) groups is 1. The van der Waals surface area contributed by atoms with Crippen molar-refractivity contribution in [2.24, 2.45) is 22.2 Å². The molecule has 0 amide bonds. The second kappa shape index (κ2) is 5.92. The number of guanidine groups is 1. The standard InChI is InChI=1S/C5H14N4O2S/c6-4(12(10)11)2-1-3-9-5(7)8/h4H,1-3,6H2,(H,10,11)(H4,7,8,9). The van der Waals surface area contributed by atoms with Gasteiger partial charge in [-0.05, 0) is 12.8 Å². The number of nitrogens with zero attached hydrogens (tertiary/aromatic N) is 1. The van der Waals surface area contributed by atoms with E-state index in [9.17, 15) is 4.21 Å². The Balaban J connectivity index is 3.44.